The number of nitrogens with two attached hydrogens (primary N) is 1. The monoisotopic (exact) mass is 195 g/mol. The van der Waals surface area contributed by atoms with E-state index in [9.17, 15) is 5.11 Å². The van der Waals surface area contributed by atoms with Gasteiger partial charge in [0.15, 0.2) is 0 Å². The molecule has 1 aromatic carbocycles. The standard InChI is InChI=1S/C11H17NO2/c1-8-3-4-9(7-11(8)14-2)10(13)5-6-12/h3-4,7,10,13H,5-6,12H2,1-2H3. The predicted molar refractivity (Wildman–Crippen MR) is 56.4 cm³/mol. The largest absolute Gasteiger partial charge is 0.496 e. The maximum Gasteiger partial charge on any atom is 0.122 e. The fourth-order valence-electron chi connectivity index (χ4n) is 1.37. The molecule has 0 radical (unpaired) electrons. The van der Waals surface area contributed by atoms with Crippen molar-refractivity contribution >= 4 is 0 Å². The molecule has 14 heavy (non-hydrogen) atoms. The lowest BCUT2D eigenvalue weighted by atomic mass is 10.0. The van der Waals surface area contributed by atoms with Crippen molar-refractivity contribution in [2.45, 2.75) is 19.4 Å². The summed E-state index contributed by atoms with van der Waals surface area (Å²) in [6.45, 7) is 2.45. The van der Waals surface area contributed by atoms with E-state index < -0.39 is 6.10 Å². The first-order valence-electron chi connectivity index (χ1n) is 4.71. The van der Waals surface area contributed by atoms with Gasteiger partial charge in [-0.05, 0) is 37.1 Å². The first kappa shape index (κ1) is 11.0. The van der Waals surface area contributed by atoms with Gasteiger partial charge in [0.05, 0.1) is 13.2 Å². The molecule has 78 valence electrons. The molecule has 1 unspecified atom stereocenters. The zero-order valence-electron chi connectivity index (χ0n) is 8.66. The number of hydrogen-bond acceptors (Lipinski definition) is 3. The molecule has 0 heterocycles. The molecule has 0 fully saturated rings. The van der Waals surface area contributed by atoms with Gasteiger partial charge >= 0.3 is 0 Å². The van der Waals surface area contributed by atoms with Crippen LogP contribution in [0.15, 0.2) is 18.2 Å². The molecule has 0 amide bonds. The Balaban J connectivity index is 2.88. The number of aliphatic hydroxyl groups is 1. The topological polar surface area (TPSA) is 55.5 Å². The lowest BCUT2D eigenvalue weighted by Crippen LogP contribution is -2.06. The zero-order chi connectivity index (χ0) is 10.6. The number of hydrogen-bond donors (Lipinski definition) is 2. The van der Waals surface area contributed by atoms with E-state index in [1.165, 1.54) is 0 Å². The second-order valence-corrected chi connectivity index (χ2v) is 3.32. The molecule has 0 aliphatic carbocycles. The number of ether oxygens (including phenoxy) is 1. The highest BCUT2D eigenvalue weighted by Crippen LogP contribution is 2.24. The van der Waals surface area contributed by atoms with Crippen molar-refractivity contribution in [1.82, 2.24) is 0 Å². The molecule has 0 saturated heterocycles. The van der Waals surface area contributed by atoms with E-state index in [0.29, 0.717) is 13.0 Å². The number of methoxy groups -OCH3 is 1. The molecule has 0 aliphatic rings. The van der Waals surface area contributed by atoms with Gasteiger partial charge in [0.2, 0.25) is 0 Å². The first-order chi connectivity index (χ1) is 6.69. The Labute approximate surface area is 84.5 Å². The van der Waals surface area contributed by atoms with Gasteiger partial charge in [-0.15, -0.1) is 0 Å². The summed E-state index contributed by atoms with van der Waals surface area (Å²) >= 11 is 0. The van der Waals surface area contributed by atoms with Crippen LogP contribution in [0.1, 0.15) is 23.7 Å². The van der Waals surface area contributed by atoms with Gasteiger partial charge in [-0.1, -0.05) is 12.1 Å². The molecule has 0 spiro atoms. The second kappa shape index (κ2) is 4.98. The smallest absolute Gasteiger partial charge is 0.122 e. The van der Waals surface area contributed by atoms with E-state index in [0.717, 1.165) is 16.9 Å². The summed E-state index contributed by atoms with van der Waals surface area (Å²) < 4.78 is 5.17. The fourth-order valence-corrected chi connectivity index (χ4v) is 1.37. The number of aliphatic hydroxyl groups excluding tert-OH is 1. The fraction of sp³-hybridized carbons (Fsp3) is 0.455. The van der Waals surface area contributed by atoms with E-state index in [1.54, 1.807) is 7.11 Å². The molecule has 3 heteroatoms. The summed E-state index contributed by atoms with van der Waals surface area (Å²) in [5, 5.41) is 9.70. The molecule has 1 atom stereocenters. The molecular formula is C11H17NO2. The molecule has 3 N–H and O–H groups in total. The van der Waals surface area contributed by atoms with Crippen molar-refractivity contribution in [2.75, 3.05) is 13.7 Å². The highest BCUT2D eigenvalue weighted by atomic mass is 16.5. The molecule has 1 rings (SSSR count). The molecule has 1 aromatic rings. The van der Waals surface area contributed by atoms with Crippen molar-refractivity contribution in [3.05, 3.63) is 29.3 Å². The van der Waals surface area contributed by atoms with E-state index in [-0.39, 0.29) is 0 Å². The Morgan fingerprint density at radius 2 is 2.21 bits per heavy atom. The third kappa shape index (κ3) is 2.47. The lowest BCUT2D eigenvalue weighted by molar-refractivity contribution is 0.170. The van der Waals surface area contributed by atoms with E-state index in [2.05, 4.69) is 0 Å². The maximum atomic E-state index is 9.70. The minimum absolute atomic E-state index is 0.483. The minimum Gasteiger partial charge on any atom is -0.496 e. The Bertz CT molecular complexity index is 299. The molecule has 3 nitrogen and oxygen atoms in total. The highest BCUT2D eigenvalue weighted by Gasteiger charge is 2.08. The van der Waals surface area contributed by atoms with E-state index >= 15 is 0 Å². The van der Waals surface area contributed by atoms with Gasteiger partial charge in [-0.3, -0.25) is 0 Å². The van der Waals surface area contributed by atoms with Crippen molar-refractivity contribution in [3.63, 3.8) is 0 Å². The third-order valence-corrected chi connectivity index (χ3v) is 2.26. The van der Waals surface area contributed by atoms with Gasteiger partial charge in [-0.2, -0.15) is 0 Å². The Morgan fingerprint density at radius 3 is 2.79 bits per heavy atom. The zero-order valence-corrected chi connectivity index (χ0v) is 8.66. The predicted octanol–water partition coefficient (Wildman–Crippen LogP) is 1.39. The van der Waals surface area contributed by atoms with Crippen LogP contribution in [0.4, 0.5) is 0 Å². The number of aryl methyl sites for hydroxylation is 1. The molecule has 0 aliphatic heterocycles. The first-order valence-corrected chi connectivity index (χ1v) is 4.71. The van der Waals surface area contributed by atoms with E-state index in [1.807, 2.05) is 25.1 Å². The van der Waals surface area contributed by atoms with Crippen LogP contribution in [0.3, 0.4) is 0 Å². The third-order valence-electron chi connectivity index (χ3n) is 2.26. The van der Waals surface area contributed by atoms with Crippen LogP contribution in [0.2, 0.25) is 0 Å². The van der Waals surface area contributed by atoms with Crippen molar-refractivity contribution in [3.8, 4) is 5.75 Å². The van der Waals surface area contributed by atoms with Crippen molar-refractivity contribution in [2.24, 2.45) is 5.73 Å². The average Bonchev–Trinajstić information content (AvgIpc) is 2.19. The normalized spacial score (nSPS) is 12.6. The summed E-state index contributed by atoms with van der Waals surface area (Å²) in [5.74, 6) is 0.804. The van der Waals surface area contributed by atoms with Crippen LogP contribution >= 0.6 is 0 Å². The molecule has 0 bridgehead atoms. The summed E-state index contributed by atoms with van der Waals surface area (Å²) in [5.41, 5.74) is 7.30. The Morgan fingerprint density at radius 1 is 1.50 bits per heavy atom. The lowest BCUT2D eigenvalue weighted by Gasteiger charge is -2.12. The van der Waals surface area contributed by atoms with Crippen LogP contribution < -0.4 is 10.5 Å². The molecular weight excluding hydrogens is 178 g/mol. The summed E-state index contributed by atoms with van der Waals surface area (Å²) in [6.07, 6.45) is 0.0844. The summed E-state index contributed by atoms with van der Waals surface area (Å²) in [4.78, 5) is 0. The minimum atomic E-state index is -0.491. The van der Waals surface area contributed by atoms with Crippen LogP contribution in [0.25, 0.3) is 0 Å². The molecule has 0 aromatic heterocycles. The second-order valence-electron chi connectivity index (χ2n) is 3.32. The van der Waals surface area contributed by atoms with Gasteiger partial charge in [-0.25, -0.2) is 0 Å². The van der Waals surface area contributed by atoms with Gasteiger partial charge < -0.3 is 15.6 Å². The Kier molecular flexibility index (Phi) is 3.92. The van der Waals surface area contributed by atoms with Gasteiger partial charge in [0, 0.05) is 0 Å². The SMILES string of the molecule is COc1cc(C(O)CCN)ccc1C. The maximum absolute atomic E-state index is 9.70. The van der Waals surface area contributed by atoms with Crippen LogP contribution in [-0.2, 0) is 0 Å². The van der Waals surface area contributed by atoms with Crippen molar-refractivity contribution in [1.29, 1.82) is 0 Å². The van der Waals surface area contributed by atoms with Crippen LogP contribution in [-0.4, -0.2) is 18.8 Å². The van der Waals surface area contributed by atoms with Gasteiger partial charge in [0.25, 0.3) is 0 Å². The summed E-state index contributed by atoms with van der Waals surface area (Å²) in [7, 11) is 1.63. The summed E-state index contributed by atoms with van der Waals surface area (Å²) in [6, 6.07) is 5.70. The van der Waals surface area contributed by atoms with E-state index in [4.69, 9.17) is 10.5 Å². The van der Waals surface area contributed by atoms with Crippen molar-refractivity contribution < 1.29 is 9.84 Å². The molecule has 0 saturated carbocycles. The number of benzene rings is 1. The van der Waals surface area contributed by atoms with Crippen LogP contribution in [0, 0.1) is 6.92 Å². The van der Waals surface area contributed by atoms with Gasteiger partial charge in [0.1, 0.15) is 5.75 Å². The van der Waals surface area contributed by atoms with Crippen LogP contribution in [0.5, 0.6) is 5.75 Å². The average molecular weight is 195 g/mol. The number of rotatable bonds is 4. The quantitative estimate of drug-likeness (QED) is 0.763. The highest BCUT2D eigenvalue weighted by molar-refractivity contribution is 5.37. The Hall–Kier alpha value is -1.06.